The second-order valence-corrected chi connectivity index (χ2v) is 8.98. The molecule has 182 valence electrons. The SMILES string of the molecule is FC(F)Cn1ncc2ncc(N3CCC4(CCC(Oc5cccc(C(F)(F)F)n5)C4)CC3)nc21. The van der Waals surface area contributed by atoms with Gasteiger partial charge in [0.15, 0.2) is 5.65 Å². The number of alkyl halides is 5. The molecule has 34 heavy (non-hydrogen) atoms. The molecular formula is C22H23F5N6O. The summed E-state index contributed by atoms with van der Waals surface area (Å²) in [5, 5.41) is 3.95. The van der Waals surface area contributed by atoms with E-state index in [-0.39, 0.29) is 17.4 Å². The summed E-state index contributed by atoms with van der Waals surface area (Å²) < 4.78 is 71.4. The Morgan fingerprint density at radius 3 is 2.62 bits per heavy atom. The van der Waals surface area contributed by atoms with E-state index in [0.717, 1.165) is 51.3 Å². The van der Waals surface area contributed by atoms with Crippen molar-refractivity contribution < 1.29 is 26.7 Å². The molecular weight excluding hydrogens is 459 g/mol. The molecule has 1 saturated carbocycles. The number of halogens is 5. The van der Waals surface area contributed by atoms with Crippen molar-refractivity contribution in [2.45, 2.75) is 57.4 Å². The Bertz CT molecular complexity index is 1160. The van der Waals surface area contributed by atoms with Crippen molar-refractivity contribution in [2.24, 2.45) is 5.41 Å². The van der Waals surface area contributed by atoms with Gasteiger partial charge in [-0.15, -0.1) is 0 Å². The van der Waals surface area contributed by atoms with E-state index in [1.54, 1.807) is 6.20 Å². The normalized spacial score (nSPS) is 20.5. The minimum atomic E-state index is -4.51. The first kappa shape index (κ1) is 22.7. The van der Waals surface area contributed by atoms with Crippen molar-refractivity contribution in [1.82, 2.24) is 24.7 Å². The number of anilines is 1. The minimum absolute atomic E-state index is 0.00158. The molecule has 1 saturated heterocycles. The van der Waals surface area contributed by atoms with Crippen LogP contribution in [0.1, 0.15) is 37.8 Å². The molecule has 12 heteroatoms. The summed E-state index contributed by atoms with van der Waals surface area (Å²) in [5.74, 6) is 0.621. The maximum absolute atomic E-state index is 12.9. The standard InChI is InChI=1S/C22H23F5N6O/c23-17(24)13-33-20-15(11-29-33)28-12-18(31-20)32-8-6-21(7-9-32)5-4-14(10-21)34-19-3-1-2-16(30-19)22(25,26)27/h1-3,11-12,14,17H,4-10,13H2. The maximum Gasteiger partial charge on any atom is 0.433 e. The second kappa shape index (κ2) is 8.62. The van der Waals surface area contributed by atoms with E-state index < -0.39 is 24.8 Å². The highest BCUT2D eigenvalue weighted by atomic mass is 19.4. The highest BCUT2D eigenvalue weighted by Crippen LogP contribution is 2.47. The Hall–Kier alpha value is -3.05. The predicted octanol–water partition coefficient (Wildman–Crippen LogP) is 4.72. The van der Waals surface area contributed by atoms with Crippen LogP contribution in [0.15, 0.2) is 30.6 Å². The van der Waals surface area contributed by atoms with Crippen LogP contribution in [0.4, 0.5) is 27.8 Å². The zero-order valence-electron chi connectivity index (χ0n) is 18.2. The van der Waals surface area contributed by atoms with E-state index in [2.05, 4.69) is 25.0 Å². The molecule has 1 spiro atoms. The summed E-state index contributed by atoms with van der Waals surface area (Å²) in [6.45, 7) is 0.905. The van der Waals surface area contributed by atoms with Gasteiger partial charge in [0.25, 0.3) is 6.43 Å². The smallest absolute Gasteiger partial charge is 0.433 e. The van der Waals surface area contributed by atoms with Crippen molar-refractivity contribution >= 4 is 17.0 Å². The highest BCUT2D eigenvalue weighted by Gasteiger charge is 2.43. The first-order chi connectivity index (χ1) is 16.2. The molecule has 0 aromatic carbocycles. The topological polar surface area (TPSA) is 69.0 Å². The summed E-state index contributed by atoms with van der Waals surface area (Å²) in [4.78, 5) is 14.5. The third-order valence-corrected chi connectivity index (χ3v) is 6.75. The molecule has 5 rings (SSSR count). The summed E-state index contributed by atoms with van der Waals surface area (Å²) in [5.41, 5.74) is -0.102. The number of piperidine rings is 1. The van der Waals surface area contributed by atoms with Gasteiger partial charge >= 0.3 is 6.18 Å². The average molecular weight is 482 g/mol. The maximum atomic E-state index is 12.9. The lowest BCUT2D eigenvalue weighted by atomic mass is 9.77. The fourth-order valence-electron chi connectivity index (χ4n) is 4.98. The third-order valence-electron chi connectivity index (χ3n) is 6.75. The van der Waals surface area contributed by atoms with Gasteiger partial charge in [-0.05, 0) is 43.6 Å². The fraction of sp³-hybridized carbons (Fsp3) is 0.545. The Kier molecular flexibility index (Phi) is 5.76. The van der Waals surface area contributed by atoms with Crippen LogP contribution in [0, 0.1) is 5.41 Å². The van der Waals surface area contributed by atoms with Crippen molar-refractivity contribution in [2.75, 3.05) is 18.0 Å². The number of nitrogens with zero attached hydrogens (tertiary/aromatic N) is 6. The van der Waals surface area contributed by atoms with Crippen LogP contribution in [-0.2, 0) is 12.7 Å². The molecule has 7 nitrogen and oxygen atoms in total. The molecule has 0 bridgehead atoms. The molecule has 1 unspecified atom stereocenters. The van der Waals surface area contributed by atoms with Crippen LogP contribution < -0.4 is 9.64 Å². The molecule has 0 N–H and O–H groups in total. The van der Waals surface area contributed by atoms with Crippen LogP contribution in [0.5, 0.6) is 5.88 Å². The Morgan fingerprint density at radius 2 is 1.88 bits per heavy atom. The van der Waals surface area contributed by atoms with E-state index >= 15 is 0 Å². The Labute approximate surface area is 192 Å². The molecule has 3 aromatic rings. The van der Waals surface area contributed by atoms with E-state index in [0.29, 0.717) is 17.0 Å². The molecule has 4 heterocycles. The van der Waals surface area contributed by atoms with E-state index in [9.17, 15) is 22.0 Å². The molecule has 0 radical (unpaired) electrons. The van der Waals surface area contributed by atoms with Crippen molar-refractivity contribution in [3.05, 3.63) is 36.3 Å². The van der Waals surface area contributed by atoms with Gasteiger partial charge in [0.05, 0.1) is 12.4 Å². The van der Waals surface area contributed by atoms with Gasteiger partial charge in [0, 0.05) is 19.2 Å². The lowest BCUT2D eigenvalue weighted by Crippen LogP contribution is -2.40. The first-order valence-electron chi connectivity index (χ1n) is 11.1. The first-order valence-corrected chi connectivity index (χ1v) is 11.1. The van der Waals surface area contributed by atoms with Gasteiger partial charge in [-0.3, -0.25) is 0 Å². The molecule has 1 aliphatic carbocycles. The molecule has 1 atom stereocenters. The van der Waals surface area contributed by atoms with Crippen LogP contribution >= 0.6 is 0 Å². The highest BCUT2D eigenvalue weighted by molar-refractivity contribution is 5.71. The molecule has 2 fully saturated rings. The molecule has 3 aromatic heterocycles. The van der Waals surface area contributed by atoms with Gasteiger partial charge in [-0.1, -0.05) is 6.07 Å². The lowest BCUT2D eigenvalue weighted by molar-refractivity contribution is -0.141. The number of ether oxygens (including phenoxy) is 1. The number of pyridine rings is 1. The van der Waals surface area contributed by atoms with Crippen molar-refractivity contribution in [3.63, 3.8) is 0 Å². The van der Waals surface area contributed by atoms with Gasteiger partial charge in [0.2, 0.25) is 5.88 Å². The van der Waals surface area contributed by atoms with Gasteiger partial charge in [-0.25, -0.2) is 28.4 Å². The van der Waals surface area contributed by atoms with Gasteiger partial charge in [0.1, 0.15) is 29.7 Å². The molecule has 0 amide bonds. The quantitative estimate of drug-likeness (QED) is 0.490. The Balaban J connectivity index is 1.22. The van der Waals surface area contributed by atoms with Crippen LogP contribution in [0.2, 0.25) is 0 Å². The monoisotopic (exact) mass is 482 g/mol. The largest absolute Gasteiger partial charge is 0.474 e. The van der Waals surface area contributed by atoms with E-state index in [4.69, 9.17) is 4.74 Å². The molecule has 1 aliphatic heterocycles. The van der Waals surface area contributed by atoms with Crippen LogP contribution in [-0.4, -0.2) is 50.4 Å². The summed E-state index contributed by atoms with van der Waals surface area (Å²) in [6, 6.07) is 3.69. The number of hydrogen-bond acceptors (Lipinski definition) is 6. The Morgan fingerprint density at radius 1 is 1.09 bits per heavy atom. The number of rotatable bonds is 5. The number of fused-ring (bicyclic) bond motifs is 1. The van der Waals surface area contributed by atoms with Crippen molar-refractivity contribution in [1.29, 1.82) is 0 Å². The predicted molar refractivity (Wildman–Crippen MR) is 113 cm³/mol. The zero-order chi connectivity index (χ0) is 23.9. The van der Waals surface area contributed by atoms with Crippen LogP contribution in [0.25, 0.3) is 11.2 Å². The lowest BCUT2D eigenvalue weighted by Gasteiger charge is -2.39. The number of aromatic nitrogens is 5. The minimum Gasteiger partial charge on any atom is -0.474 e. The fourth-order valence-corrected chi connectivity index (χ4v) is 4.98. The van der Waals surface area contributed by atoms with E-state index in [1.165, 1.54) is 23.0 Å². The summed E-state index contributed by atoms with van der Waals surface area (Å²) >= 11 is 0. The summed E-state index contributed by atoms with van der Waals surface area (Å²) in [6.07, 6.45) is 0.0302. The molecule has 2 aliphatic rings. The van der Waals surface area contributed by atoms with Gasteiger partial charge in [-0.2, -0.15) is 18.3 Å². The average Bonchev–Trinajstić information content (AvgIpc) is 3.37. The zero-order valence-corrected chi connectivity index (χ0v) is 18.2. The number of hydrogen-bond donors (Lipinski definition) is 0. The van der Waals surface area contributed by atoms with Crippen molar-refractivity contribution in [3.8, 4) is 5.88 Å². The van der Waals surface area contributed by atoms with Crippen LogP contribution in [0.3, 0.4) is 0 Å². The summed E-state index contributed by atoms with van der Waals surface area (Å²) in [7, 11) is 0. The third kappa shape index (κ3) is 4.62. The van der Waals surface area contributed by atoms with E-state index in [1.807, 2.05) is 0 Å². The van der Waals surface area contributed by atoms with Gasteiger partial charge < -0.3 is 9.64 Å². The second-order valence-electron chi connectivity index (χ2n) is 8.98.